The Balaban J connectivity index is 1.58. The molecule has 140 valence electrons. The Morgan fingerprint density at radius 3 is 2.81 bits per heavy atom. The van der Waals surface area contributed by atoms with E-state index in [0.717, 1.165) is 10.0 Å². The molecule has 0 saturated carbocycles. The molecule has 0 aliphatic rings. The molecule has 0 bridgehead atoms. The van der Waals surface area contributed by atoms with Crippen molar-refractivity contribution in [2.45, 2.75) is 18.6 Å². The first-order valence-electron chi connectivity index (χ1n) is 8.05. The number of benzene rings is 2. The number of hydrogen-bond donors (Lipinski definition) is 2. The topological polar surface area (TPSA) is 85.8 Å². The van der Waals surface area contributed by atoms with Gasteiger partial charge < -0.3 is 11.2 Å². The van der Waals surface area contributed by atoms with Crippen LogP contribution in [0.2, 0.25) is 0 Å². The largest absolute Gasteiger partial charge is 0.351 e. The highest BCUT2D eigenvalue weighted by molar-refractivity contribution is 9.10. The Hall–Kier alpha value is -2.39. The molecule has 0 aliphatic heterocycles. The molecular weight excluding hydrogens is 433 g/mol. The number of rotatable bonds is 6. The van der Waals surface area contributed by atoms with Crippen LogP contribution in [0.5, 0.6) is 0 Å². The maximum atomic E-state index is 13.5. The first kappa shape index (κ1) is 19.4. The van der Waals surface area contributed by atoms with Gasteiger partial charge in [0.05, 0.1) is 5.75 Å². The summed E-state index contributed by atoms with van der Waals surface area (Å²) in [6.45, 7) is 1.95. The van der Waals surface area contributed by atoms with Gasteiger partial charge in [0.1, 0.15) is 5.82 Å². The lowest BCUT2D eigenvalue weighted by atomic mass is 10.1. The van der Waals surface area contributed by atoms with Crippen LogP contribution in [-0.2, 0) is 11.3 Å². The van der Waals surface area contributed by atoms with E-state index in [4.69, 9.17) is 5.84 Å². The van der Waals surface area contributed by atoms with E-state index in [1.54, 1.807) is 19.1 Å². The molecule has 27 heavy (non-hydrogen) atoms. The average molecular weight is 450 g/mol. The maximum Gasteiger partial charge on any atom is 0.230 e. The van der Waals surface area contributed by atoms with Crippen LogP contribution in [0.4, 0.5) is 4.39 Å². The molecule has 0 radical (unpaired) electrons. The van der Waals surface area contributed by atoms with E-state index < -0.39 is 0 Å². The maximum absolute atomic E-state index is 13.5. The SMILES string of the molecule is Cc1ccc(CNC(=O)CSc2nnc(-c3ccccc3Br)n2N)cc1F. The fraction of sp³-hybridized carbons (Fsp3) is 0.167. The lowest BCUT2D eigenvalue weighted by Gasteiger charge is -2.07. The highest BCUT2D eigenvalue weighted by atomic mass is 79.9. The zero-order valence-corrected chi connectivity index (χ0v) is 16.8. The summed E-state index contributed by atoms with van der Waals surface area (Å²) in [6.07, 6.45) is 0. The molecular formula is C18H17BrFN5OS. The van der Waals surface area contributed by atoms with Crippen LogP contribution in [0.25, 0.3) is 11.4 Å². The number of hydrogen-bond acceptors (Lipinski definition) is 5. The second-order valence-corrected chi connectivity index (χ2v) is 7.60. The van der Waals surface area contributed by atoms with Crippen LogP contribution in [-0.4, -0.2) is 26.5 Å². The molecule has 0 unspecified atom stereocenters. The standard InChI is InChI=1S/C18H17BrFN5OS/c1-11-6-7-12(8-15(11)20)9-22-16(26)10-27-18-24-23-17(25(18)21)13-4-2-3-5-14(13)19/h2-8H,9-10,21H2,1H3,(H,22,26). The molecule has 3 N–H and O–H groups in total. The van der Waals surface area contributed by atoms with Gasteiger partial charge in [-0.05, 0) is 36.2 Å². The van der Waals surface area contributed by atoms with Gasteiger partial charge in [-0.1, -0.05) is 52.0 Å². The lowest BCUT2D eigenvalue weighted by Crippen LogP contribution is -2.25. The Kier molecular flexibility index (Phi) is 6.12. The van der Waals surface area contributed by atoms with E-state index in [0.29, 0.717) is 22.1 Å². The third-order valence-corrected chi connectivity index (χ3v) is 5.47. The number of halogens is 2. The first-order chi connectivity index (χ1) is 13.0. The zero-order chi connectivity index (χ0) is 19.4. The van der Waals surface area contributed by atoms with Gasteiger partial charge in [-0.25, -0.2) is 9.07 Å². The van der Waals surface area contributed by atoms with Gasteiger partial charge in [0, 0.05) is 16.6 Å². The molecule has 1 aromatic heterocycles. The number of nitrogens with two attached hydrogens (primary N) is 1. The number of nitrogen functional groups attached to an aromatic ring is 1. The molecule has 0 fully saturated rings. The fourth-order valence-electron chi connectivity index (χ4n) is 2.33. The molecule has 0 saturated heterocycles. The van der Waals surface area contributed by atoms with E-state index in [1.807, 2.05) is 24.3 Å². The van der Waals surface area contributed by atoms with Crippen LogP contribution in [0.15, 0.2) is 52.1 Å². The van der Waals surface area contributed by atoms with E-state index in [1.165, 1.54) is 22.5 Å². The number of thioether (sulfide) groups is 1. The summed E-state index contributed by atoms with van der Waals surface area (Å²) in [5.41, 5.74) is 2.09. The quantitative estimate of drug-likeness (QED) is 0.445. The molecule has 1 heterocycles. The molecule has 0 aliphatic carbocycles. The number of aryl methyl sites for hydroxylation is 1. The summed E-state index contributed by atoms with van der Waals surface area (Å²) >= 11 is 4.64. The van der Waals surface area contributed by atoms with Gasteiger partial charge in [-0.2, -0.15) is 0 Å². The summed E-state index contributed by atoms with van der Waals surface area (Å²) in [4.78, 5) is 12.1. The van der Waals surface area contributed by atoms with Crippen molar-refractivity contribution in [3.8, 4) is 11.4 Å². The molecule has 0 spiro atoms. The average Bonchev–Trinajstić information content (AvgIpc) is 3.02. The van der Waals surface area contributed by atoms with Crippen LogP contribution < -0.4 is 11.2 Å². The van der Waals surface area contributed by atoms with E-state index in [9.17, 15) is 9.18 Å². The van der Waals surface area contributed by atoms with E-state index in [-0.39, 0.29) is 24.0 Å². The first-order valence-corrected chi connectivity index (χ1v) is 9.83. The summed E-state index contributed by atoms with van der Waals surface area (Å²) in [5.74, 6) is 6.20. The number of amides is 1. The monoisotopic (exact) mass is 449 g/mol. The number of aromatic nitrogens is 3. The summed E-state index contributed by atoms with van der Waals surface area (Å²) in [5, 5.41) is 11.3. The van der Waals surface area contributed by atoms with Crippen molar-refractivity contribution in [2.24, 2.45) is 0 Å². The van der Waals surface area contributed by atoms with Gasteiger partial charge >= 0.3 is 0 Å². The minimum atomic E-state index is -0.285. The van der Waals surface area contributed by atoms with Gasteiger partial charge in [-0.15, -0.1) is 10.2 Å². The third kappa shape index (κ3) is 4.67. The van der Waals surface area contributed by atoms with Gasteiger partial charge in [0.25, 0.3) is 0 Å². The summed E-state index contributed by atoms with van der Waals surface area (Å²) in [6, 6.07) is 12.4. The van der Waals surface area contributed by atoms with Crippen molar-refractivity contribution in [3.05, 3.63) is 63.9 Å². The van der Waals surface area contributed by atoms with Crippen molar-refractivity contribution in [1.29, 1.82) is 0 Å². The normalized spacial score (nSPS) is 10.8. The van der Waals surface area contributed by atoms with Crippen molar-refractivity contribution >= 4 is 33.6 Å². The van der Waals surface area contributed by atoms with E-state index in [2.05, 4.69) is 31.4 Å². The minimum absolute atomic E-state index is 0.125. The molecule has 1 amide bonds. The fourth-order valence-corrected chi connectivity index (χ4v) is 3.48. The minimum Gasteiger partial charge on any atom is -0.351 e. The number of carbonyl (C=O) groups excluding carboxylic acids is 1. The second-order valence-electron chi connectivity index (χ2n) is 5.80. The molecule has 2 aromatic carbocycles. The number of nitrogens with zero attached hydrogens (tertiary/aromatic N) is 3. The Morgan fingerprint density at radius 1 is 1.30 bits per heavy atom. The highest BCUT2D eigenvalue weighted by Gasteiger charge is 2.15. The number of nitrogens with one attached hydrogen (secondary N) is 1. The Morgan fingerprint density at radius 2 is 2.07 bits per heavy atom. The Bertz CT molecular complexity index is 978. The lowest BCUT2D eigenvalue weighted by molar-refractivity contribution is -0.118. The summed E-state index contributed by atoms with van der Waals surface area (Å²) < 4.78 is 15.7. The summed E-state index contributed by atoms with van der Waals surface area (Å²) in [7, 11) is 0. The zero-order valence-electron chi connectivity index (χ0n) is 14.4. The van der Waals surface area contributed by atoms with Gasteiger partial charge in [0.15, 0.2) is 5.82 Å². The van der Waals surface area contributed by atoms with Gasteiger partial charge in [0.2, 0.25) is 11.1 Å². The van der Waals surface area contributed by atoms with Crippen molar-refractivity contribution < 1.29 is 9.18 Å². The van der Waals surface area contributed by atoms with Crippen LogP contribution in [0, 0.1) is 12.7 Å². The predicted octanol–water partition coefficient (Wildman–Crippen LogP) is 3.28. The third-order valence-electron chi connectivity index (χ3n) is 3.84. The molecule has 3 aromatic rings. The smallest absolute Gasteiger partial charge is 0.230 e. The van der Waals surface area contributed by atoms with E-state index >= 15 is 0 Å². The second kappa shape index (κ2) is 8.53. The molecule has 0 atom stereocenters. The van der Waals surface area contributed by atoms with Crippen LogP contribution >= 0.6 is 27.7 Å². The van der Waals surface area contributed by atoms with Crippen molar-refractivity contribution in [1.82, 2.24) is 20.2 Å². The predicted molar refractivity (Wildman–Crippen MR) is 107 cm³/mol. The highest BCUT2D eigenvalue weighted by Crippen LogP contribution is 2.27. The van der Waals surface area contributed by atoms with Crippen LogP contribution in [0.1, 0.15) is 11.1 Å². The van der Waals surface area contributed by atoms with Crippen molar-refractivity contribution in [3.63, 3.8) is 0 Å². The molecule has 6 nitrogen and oxygen atoms in total. The van der Waals surface area contributed by atoms with Crippen molar-refractivity contribution in [2.75, 3.05) is 11.6 Å². The van der Waals surface area contributed by atoms with Crippen LogP contribution in [0.3, 0.4) is 0 Å². The number of carbonyl (C=O) groups is 1. The Labute approximate surface area is 168 Å². The van der Waals surface area contributed by atoms with Gasteiger partial charge in [-0.3, -0.25) is 4.79 Å². The molecule has 9 heteroatoms. The molecule has 3 rings (SSSR count).